The average molecular weight is 314 g/mol. The first-order valence-electron chi connectivity index (χ1n) is 5.91. The quantitative estimate of drug-likeness (QED) is 0.882. The van der Waals surface area contributed by atoms with E-state index in [1.165, 1.54) is 0 Å². The van der Waals surface area contributed by atoms with E-state index in [0.717, 1.165) is 0 Å². The van der Waals surface area contributed by atoms with Gasteiger partial charge in [0.25, 0.3) is 0 Å². The van der Waals surface area contributed by atoms with Crippen molar-refractivity contribution in [3.63, 3.8) is 0 Å². The molecule has 2 aromatic rings. The molecule has 1 aromatic heterocycles. The molecule has 2 rings (SSSR count). The molecule has 0 saturated heterocycles. The number of hydrogen-bond acceptors (Lipinski definition) is 6. The Morgan fingerprint density at radius 2 is 1.90 bits per heavy atom. The summed E-state index contributed by atoms with van der Waals surface area (Å²) in [7, 11) is 1.71. The first-order valence-corrected chi connectivity index (χ1v) is 6.66. The molecule has 106 valence electrons. The molecule has 0 saturated carbocycles. The molecule has 0 atom stereocenters. The molecule has 0 fully saturated rings. The Kier molecular flexibility index (Phi) is 4.81. The van der Waals surface area contributed by atoms with Gasteiger partial charge in [-0.25, -0.2) is 0 Å². The van der Waals surface area contributed by atoms with E-state index in [1.807, 2.05) is 6.92 Å². The van der Waals surface area contributed by atoms with Crippen molar-refractivity contribution in [2.24, 2.45) is 0 Å². The van der Waals surface area contributed by atoms with Crippen LogP contribution in [0.3, 0.4) is 0 Å². The molecule has 0 bridgehead atoms. The zero-order chi connectivity index (χ0) is 14.5. The lowest BCUT2D eigenvalue weighted by Crippen LogP contribution is -2.07. The maximum atomic E-state index is 6.08. The van der Waals surface area contributed by atoms with Crippen molar-refractivity contribution in [3.05, 3.63) is 28.2 Å². The van der Waals surface area contributed by atoms with Gasteiger partial charge in [-0.3, -0.25) is 0 Å². The maximum Gasteiger partial charge on any atom is 0.323 e. The van der Waals surface area contributed by atoms with Crippen LogP contribution in [-0.2, 0) is 0 Å². The monoisotopic (exact) mass is 313 g/mol. The highest BCUT2D eigenvalue weighted by Crippen LogP contribution is 2.27. The van der Waals surface area contributed by atoms with Gasteiger partial charge >= 0.3 is 6.01 Å². The maximum absolute atomic E-state index is 6.08. The predicted octanol–water partition coefficient (Wildman–Crippen LogP) is 3.36. The van der Waals surface area contributed by atoms with Gasteiger partial charge in [0.1, 0.15) is 0 Å². The van der Waals surface area contributed by atoms with Crippen LogP contribution < -0.4 is 15.4 Å². The summed E-state index contributed by atoms with van der Waals surface area (Å²) in [5.74, 6) is 0.709. The zero-order valence-electron chi connectivity index (χ0n) is 10.9. The van der Waals surface area contributed by atoms with Crippen molar-refractivity contribution in [1.82, 2.24) is 15.0 Å². The molecule has 0 aliphatic carbocycles. The lowest BCUT2D eigenvalue weighted by Gasteiger charge is -2.10. The Bertz CT molecular complexity index is 608. The summed E-state index contributed by atoms with van der Waals surface area (Å²) in [6.07, 6.45) is 0. The van der Waals surface area contributed by atoms with Crippen LogP contribution in [0, 0.1) is 0 Å². The van der Waals surface area contributed by atoms with Gasteiger partial charge in [-0.1, -0.05) is 23.2 Å². The first kappa shape index (κ1) is 14.6. The van der Waals surface area contributed by atoms with Crippen LogP contribution in [0.25, 0.3) is 0 Å². The van der Waals surface area contributed by atoms with Gasteiger partial charge < -0.3 is 15.4 Å². The summed E-state index contributed by atoms with van der Waals surface area (Å²) in [6, 6.07) is 5.31. The molecule has 0 spiro atoms. The largest absolute Gasteiger partial charge is 0.464 e. The van der Waals surface area contributed by atoms with E-state index < -0.39 is 0 Å². The fraction of sp³-hybridized carbons (Fsp3) is 0.250. The van der Waals surface area contributed by atoms with Gasteiger partial charge in [-0.05, 0) is 25.1 Å². The second-order valence-corrected chi connectivity index (χ2v) is 4.54. The summed E-state index contributed by atoms with van der Waals surface area (Å²) in [5, 5.41) is 6.90. The van der Waals surface area contributed by atoms with E-state index in [9.17, 15) is 0 Å². The molecule has 0 radical (unpaired) electrons. The van der Waals surface area contributed by atoms with Crippen LogP contribution in [0.15, 0.2) is 18.2 Å². The number of ether oxygens (including phenoxy) is 1. The minimum atomic E-state index is 0.229. The van der Waals surface area contributed by atoms with E-state index in [1.54, 1.807) is 25.2 Å². The molecule has 2 N–H and O–H groups in total. The lowest BCUT2D eigenvalue weighted by atomic mass is 10.3. The van der Waals surface area contributed by atoms with Crippen LogP contribution in [0.1, 0.15) is 6.92 Å². The topological polar surface area (TPSA) is 72.0 Å². The highest BCUT2D eigenvalue weighted by molar-refractivity contribution is 6.35. The van der Waals surface area contributed by atoms with Crippen LogP contribution in [0.2, 0.25) is 10.0 Å². The van der Waals surface area contributed by atoms with Crippen molar-refractivity contribution in [1.29, 1.82) is 0 Å². The van der Waals surface area contributed by atoms with Crippen molar-refractivity contribution in [3.8, 4) is 6.01 Å². The number of halogens is 2. The number of nitrogens with zero attached hydrogens (tertiary/aromatic N) is 3. The predicted molar refractivity (Wildman–Crippen MR) is 80.3 cm³/mol. The standard InChI is InChI=1S/C12H13Cl2N5O/c1-3-20-12-18-10(15-2)17-11(19-12)16-9-6-7(13)4-5-8(9)14/h4-6H,3H2,1-2H3,(H2,15,16,17,18,19). The minimum absolute atomic E-state index is 0.229. The number of aromatic nitrogens is 3. The minimum Gasteiger partial charge on any atom is -0.464 e. The summed E-state index contributed by atoms with van der Waals surface area (Å²) in [6.45, 7) is 2.31. The summed E-state index contributed by atoms with van der Waals surface area (Å²) in [4.78, 5) is 12.4. The van der Waals surface area contributed by atoms with Gasteiger partial charge in [-0.15, -0.1) is 0 Å². The molecular formula is C12H13Cl2N5O. The molecule has 1 heterocycles. The number of rotatable bonds is 5. The molecule has 0 unspecified atom stereocenters. The third kappa shape index (κ3) is 3.61. The van der Waals surface area contributed by atoms with Gasteiger partial charge in [0.2, 0.25) is 11.9 Å². The molecule has 0 aliphatic rings. The van der Waals surface area contributed by atoms with Gasteiger partial charge in [0.15, 0.2) is 0 Å². The van der Waals surface area contributed by atoms with E-state index in [0.29, 0.717) is 34.2 Å². The van der Waals surface area contributed by atoms with Gasteiger partial charge in [0, 0.05) is 12.1 Å². The fourth-order valence-corrected chi connectivity index (χ4v) is 1.77. The summed E-state index contributed by atoms with van der Waals surface area (Å²) < 4.78 is 5.28. The highest BCUT2D eigenvalue weighted by Gasteiger charge is 2.08. The molecule has 1 aromatic carbocycles. The first-order chi connectivity index (χ1) is 9.62. The number of anilines is 3. The average Bonchev–Trinajstić information content (AvgIpc) is 2.43. The second-order valence-electron chi connectivity index (χ2n) is 3.70. The summed E-state index contributed by atoms with van der Waals surface area (Å²) in [5.41, 5.74) is 0.606. The number of hydrogen-bond donors (Lipinski definition) is 2. The normalized spacial score (nSPS) is 10.2. The van der Waals surface area contributed by atoms with Crippen LogP contribution in [-0.4, -0.2) is 28.6 Å². The van der Waals surface area contributed by atoms with Crippen LogP contribution in [0.5, 0.6) is 6.01 Å². The molecule has 0 aliphatic heterocycles. The number of benzene rings is 1. The van der Waals surface area contributed by atoms with Crippen molar-refractivity contribution >= 4 is 40.8 Å². The molecule has 0 amide bonds. The Morgan fingerprint density at radius 1 is 1.15 bits per heavy atom. The van der Waals surface area contributed by atoms with E-state index in [4.69, 9.17) is 27.9 Å². The SMILES string of the molecule is CCOc1nc(NC)nc(Nc2cc(Cl)ccc2Cl)n1. The Labute approximate surface area is 126 Å². The molecule has 20 heavy (non-hydrogen) atoms. The van der Waals surface area contributed by atoms with Gasteiger partial charge in [0.05, 0.1) is 17.3 Å². The van der Waals surface area contributed by atoms with Gasteiger partial charge in [-0.2, -0.15) is 15.0 Å². The highest BCUT2D eigenvalue weighted by atomic mass is 35.5. The fourth-order valence-electron chi connectivity index (χ4n) is 1.43. The van der Waals surface area contributed by atoms with Crippen molar-refractivity contribution in [2.75, 3.05) is 24.3 Å². The number of nitrogens with one attached hydrogen (secondary N) is 2. The van der Waals surface area contributed by atoms with E-state index in [-0.39, 0.29) is 6.01 Å². The van der Waals surface area contributed by atoms with E-state index >= 15 is 0 Å². The lowest BCUT2D eigenvalue weighted by molar-refractivity contribution is 0.312. The second kappa shape index (κ2) is 6.58. The molecule has 8 heteroatoms. The smallest absolute Gasteiger partial charge is 0.323 e. The van der Waals surface area contributed by atoms with Crippen molar-refractivity contribution in [2.45, 2.75) is 6.92 Å². The Hall–Kier alpha value is -1.79. The zero-order valence-corrected chi connectivity index (χ0v) is 12.5. The Balaban J connectivity index is 2.32. The third-order valence-electron chi connectivity index (χ3n) is 2.29. The molecule has 6 nitrogen and oxygen atoms in total. The van der Waals surface area contributed by atoms with E-state index in [2.05, 4.69) is 25.6 Å². The van der Waals surface area contributed by atoms with Crippen molar-refractivity contribution < 1.29 is 4.74 Å². The van der Waals surface area contributed by atoms with Crippen LogP contribution >= 0.6 is 23.2 Å². The summed E-state index contributed by atoms with van der Waals surface area (Å²) >= 11 is 12.0. The Morgan fingerprint density at radius 3 is 2.60 bits per heavy atom. The van der Waals surface area contributed by atoms with Crippen LogP contribution in [0.4, 0.5) is 17.6 Å². The molecular weight excluding hydrogens is 301 g/mol. The third-order valence-corrected chi connectivity index (χ3v) is 2.85.